The number of carbonyl (C=O) groups excluding carboxylic acids is 1. The Hall–Kier alpha value is -3.07. The number of anilines is 4. The average Bonchev–Trinajstić information content (AvgIpc) is 3.02. The Morgan fingerprint density at radius 3 is 2.50 bits per heavy atom. The van der Waals surface area contributed by atoms with Crippen LogP contribution in [0.3, 0.4) is 0 Å². The van der Waals surface area contributed by atoms with Gasteiger partial charge >= 0.3 is 0 Å². The van der Waals surface area contributed by atoms with Gasteiger partial charge in [0.25, 0.3) is 0 Å². The summed E-state index contributed by atoms with van der Waals surface area (Å²) < 4.78 is 0. The summed E-state index contributed by atoms with van der Waals surface area (Å²) in [5.41, 5.74) is 1.93. The summed E-state index contributed by atoms with van der Waals surface area (Å²) in [6.45, 7) is 7.84. The highest BCUT2D eigenvalue weighted by Crippen LogP contribution is 2.22. The predicted octanol–water partition coefficient (Wildman–Crippen LogP) is 3.69. The van der Waals surface area contributed by atoms with Gasteiger partial charge in [0.1, 0.15) is 5.82 Å². The molecule has 1 aromatic carbocycles. The predicted molar refractivity (Wildman–Crippen MR) is 112 cm³/mol. The van der Waals surface area contributed by atoms with Gasteiger partial charge in [0.05, 0.1) is 6.42 Å². The van der Waals surface area contributed by atoms with E-state index in [0.29, 0.717) is 22.9 Å². The third-order valence-electron chi connectivity index (χ3n) is 3.61. The largest absolute Gasteiger partial charge is 0.352 e. The van der Waals surface area contributed by atoms with Crippen molar-refractivity contribution in [1.29, 1.82) is 0 Å². The van der Waals surface area contributed by atoms with Crippen LogP contribution in [0.15, 0.2) is 30.5 Å². The van der Waals surface area contributed by atoms with Crippen LogP contribution in [0.2, 0.25) is 0 Å². The van der Waals surface area contributed by atoms with Gasteiger partial charge in [-0.25, -0.2) is 4.98 Å². The lowest BCUT2D eigenvalue weighted by Crippen LogP contribution is -2.14. The van der Waals surface area contributed by atoms with Crippen LogP contribution in [0.25, 0.3) is 0 Å². The summed E-state index contributed by atoms with van der Waals surface area (Å²) in [6, 6.07) is 7.91. The van der Waals surface area contributed by atoms with E-state index in [-0.39, 0.29) is 18.4 Å². The Bertz CT molecular complexity index is 953. The molecule has 0 atom stereocenters. The SMILES string of the molecule is Cc1ccc(NC(=O)Cc2cnc(Nc3nc(C)nc(NC(C)C)n3)s2)cc1. The van der Waals surface area contributed by atoms with Crippen molar-refractivity contribution in [2.75, 3.05) is 16.0 Å². The Morgan fingerprint density at radius 2 is 1.79 bits per heavy atom. The number of amides is 1. The van der Waals surface area contributed by atoms with E-state index in [2.05, 4.69) is 35.9 Å². The Balaban J connectivity index is 1.61. The fourth-order valence-corrected chi connectivity index (χ4v) is 3.21. The molecule has 0 bridgehead atoms. The monoisotopic (exact) mass is 397 g/mol. The normalized spacial score (nSPS) is 10.8. The summed E-state index contributed by atoms with van der Waals surface area (Å²) in [4.78, 5) is 30.3. The molecule has 146 valence electrons. The number of hydrogen-bond donors (Lipinski definition) is 3. The molecule has 1 amide bonds. The minimum Gasteiger partial charge on any atom is -0.352 e. The lowest BCUT2D eigenvalue weighted by Gasteiger charge is -2.09. The molecule has 3 N–H and O–H groups in total. The molecule has 0 aliphatic heterocycles. The van der Waals surface area contributed by atoms with Crippen LogP contribution in [-0.4, -0.2) is 31.9 Å². The Morgan fingerprint density at radius 1 is 1.07 bits per heavy atom. The van der Waals surface area contributed by atoms with Crippen molar-refractivity contribution in [2.45, 2.75) is 40.2 Å². The average molecular weight is 398 g/mol. The van der Waals surface area contributed by atoms with E-state index < -0.39 is 0 Å². The van der Waals surface area contributed by atoms with Crippen LogP contribution < -0.4 is 16.0 Å². The van der Waals surface area contributed by atoms with Gasteiger partial charge in [0, 0.05) is 22.8 Å². The standard InChI is InChI=1S/C19H23N7OS/c1-11(2)21-17-22-13(4)23-18(25-17)26-19-20-10-15(28-19)9-16(27)24-14-7-5-12(3)6-8-14/h5-8,10-11H,9H2,1-4H3,(H,24,27)(H2,20,21,22,23,25,26). The van der Waals surface area contributed by atoms with Gasteiger partial charge in [-0.15, -0.1) is 11.3 Å². The molecule has 0 aliphatic rings. The number of nitrogens with one attached hydrogen (secondary N) is 3. The van der Waals surface area contributed by atoms with Gasteiger partial charge in [-0.3, -0.25) is 10.1 Å². The minimum absolute atomic E-state index is 0.0847. The molecule has 0 fully saturated rings. The van der Waals surface area contributed by atoms with Crippen molar-refractivity contribution in [3.05, 3.63) is 46.7 Å². The van der Waals surface area contributed by atoms with E-state index in [9.17, 15) is 4.79 Å². The number of nitrogens with zero attached hydrogens (tertiary/aromatic N) is 4. The van der Waals surface area contributed by atoms with Crippen LogP contribution in [0.4, 0.5) is 22.7 Å². The molecule has 3 aromatic rings. The van der Waals surface area contributed by atoms with Crippen molar-refractivity contribution in [3.8, 4) is 0 Å². The zero-order valence-corrected chi connectivity index (χ0v) is 17.1. The van der Waals surface area contributed by atoms with Crippen LogP contribution in [0, 0.1) is 13.8 Å². The number of hydrogen-bond acceptors (Lipinski definition) is 8. The van der Waals surface area contributed by atoms with Crippen molar-refractivity contribution in [2.24, 2.45) is 0 Å². The highest BCUT2D eigenvalue weighted by molar-refractivity contribution is 7.15. The number of benzene rings is 1. The van der Waals surface area contributed by atoms with Crippen molar-refractivity contribution in [1.82, 2.24) is 19.9 Å². The maximum Gasteiger partial charge on any atom is 0.234 e. The van der Waals surface area contributed by atoms with Gasteiger partial charge in [0.2, 0.25) is 17.8 Å². The third kappa shape index (κ3) is 5.71. The lowest BCUT2D eigenvalue weighted by molar-refractivity contribution is -0.115. The molecule has 0 saturated carbocycles. The van der Waals surface area contributed by atoms with Gasteiger partial charge in [-0.2, -0.15) is 15.0 Å². The fourth-order valence-electron chi connectivity index (χ4n) is 2.40. The van der Waals surface area contributed by atoms with E-state index >= 15 is 0 Å². The topological polar surface area (TPSA) is 105 Å². The molecule has 2 heterocycles. The quantitative estimate of drug-likeness (QED) is 0.558. The summed E-state index contributed by atoms with van der Waals surface area (Å²) >= 11 is 1.39. The molecular formula is C19H23N7OS. The second kappa shape index (κ2) is 8.75. The smallest absolute Gasteiger partial charge is 0.234 e. The van der Waals surface area contributed by atoms with Crippen molar-refractivity contribution < 1.29 is 4.79 Å². The molecule has 28 heavy (non-hydrogen) atoms. The van der Waals surface area contributed by atoms with E-state index in [4.69, 9.17) is 0 Å². The second-order valence-corrected chi connectivity index (χ2v) is 7.79. The van der Waals surface area contributed by atoms with E-state index in [1.807, 2.05) is 45.0 Å². The summed E-state index contributed by atoms with van der Waals surface area (Å²) in [7, 11) is 0. The molecule has 9 heteroatoms. The lowest BCUT2D eigenvalue weighted by atomic mass is 10.2. The maximum atomic E-state index is 12.2. The van der Waals surface area contributed by atoms with E-state index in [1.165, 1.54) is 11.3 Å². The van der Waals surface area contributed by atoms with Crippen LogP contribution >= 0.6 is 11.3 Å². The second-order valence-electron chi connectivity index (χ2n) is 6.68. The summed E-state index contributed by atoms with van der Waals surface area (Å²) in [6.07, 6.45) is 1.94. The number of rotatable bonds is 7. The Kier molecular flexibility index (Phi) is 6.15. The van der Waals surface area contributed by atoms with E-state index in [0.717, 1.165) is 16.1 Å². The minimum atomic E-state index is -0.0847. The number of carbonyl (C=O) groups is 1. The van der Waals surface area contributed by atoms with Gasteiger partial charge in [-0.1, -0.05) is 17.7 Å². The highest BCUT2D eigenvalue weighted by atomic mass is 32.1. The number of aromatic nitrogens is 4. The highest BCUT2D eigenvalue weighted by Gasteiger charge is 2.11. The molecule has 0 saturated heterocycles. The first-order valence-corrected chi connectivity index (χ1v) is 9.76. The molecule has 0 spiro atoms. The van der Waals surface area contributed by atoms with Crippen LogP contribution in [0.1, 0.15) is 30.1 Å². The van der Waals surface area contributed by atoms with Gasteiger partial charge < -0.3 is 10.6 Å². The van der Waals surface area contributed by atoms with Crippen molar-refractivity contribution >= 4 is 40.0 Å². The first-order chi connectivity index (χ1) is 13.4. The molecule has 3 rings (SSSR count). The number of aryl methyl sites for hydroxylation is 2. The Labute approximate surface area is 167 Å². The molecule has 0 unspecified atom stereocenters. The zero-order valence-electron chi connectivity index (χ0n) is 16.3. The van der Waals surface area contributed by atoms with Gasteiger partial charge in [-0.05, 0) is 39.8 Å². The molecule has 2 aromatic heterocycles. The van der Waals surface area contributed by atoms with Gasteiger partial charge in [0.15, 0.2) is 5.13 Å². The molecular weight excluding hydrogens is 374 g/mol. The van der Waals surface area contributed by atoms with E-state index in [1.54, 1.807) is 13.1 Å². The third-order valence-corrected chi connectivity index (χ3v) is 4.52. The fraction of sp³-hybridized carbons (Fsp3) is 0.316. The first-order valence-electron chi connectivity index (χ1n) is 8.95. The van der Waals surface area contributed by atoms with Crippen molar-refractivity contribution in [3.63, 3.8) is 0 Å². The maximum absolute atomic E-state index is 12.2. The molecule has 0 radical (unpaired) electrons. The number of thiazole rings is 1. The van der Waals surface area contributed by atoms with Crippen LogP contribution in [0.5, 0.6) is 0 Å². The zero-order chi connectivity index (χ0) is 20.1. The van der Waals surface area contributed by atoms with Crippen LogP contribution in [-0.2, 0) is 11.2 Å². The summed E-state index contributed by atoms with van der Waals surface area (Å²) in [5, 5.41) is 9.75. The molecule has 0 aliphatic carbocycles. The molecule has 8 nitrogen and oxygen atoms in total. The first kappa shape index (κ1) is 19.7. The summed E-state index contributed by atoms with van der Waals surface area (Å²) in [5.74, 6) is 1.45.